The molecule has 2 aliphatic rings. The first kappa shape index (κ1) is 20.2. The smallest absolute Gasteiger partial charge is 0.267 e. The Hall–Kier alpha value is -3.12. The maximum absolute atomic E-state index is 13.0. The second-order valence-corrected chi connectivity index (χ2v) is 8.23. The molecule has 0 spiro atoms. The van der Waals surface area contributed by atoms with Gasteiger partial charge in [-0.3, -0.25) is 14.3 Å². The van der Waals surface area contributed by atoms with Crippen LogP contribution in [0.15, 0.2) is 18.5 Å². The van der Waals surface area contributed by atoms with Crippen molar-refractivity contribution in [2.45, 2.75) is 19.4 Å². The molecule has 4 rings (SSSR count). The van der Waals surface area contributed by atoms with Gasteiger partial charge < -0.3 is 19.7 Å². The van der Waals surface area contributed by atoms with E-state index in [1.807, 2.05) is 9.58 Å². The molecule has 0 aliphatic carbocycles. The molecule has 9 nitrogen and oxygen atoms in total. The van der Waals surface area contributed by atoms with Crippen molar-refractivity contribution in [3.8, 4) is 6.07 Å². The minimum Gasteiger partial charge on any atom is -0.350 e. The third-order valence-corrected chi connectivity index (χ3v) is 6.12. The number of hydrogen-bond donors (Lipinski definition) is 1. The highest BCUT2D eigenvalue weighted by Crippen LogP contribution is 2.24. The van der Waals surface area contributed by atoms with Crippen LogP contribution < -0.4 is 5.32 Å². The van der Waals surface area contributed by atoms with Crippen molar-refractivity contribution in [3.05, 3.63) is 41.0 Å². The highest BCUT2D eigenvalue weighted by molar-refractivity contribution is 5.95. The summed E-state index contributed by atoms with van der Waals surface area (Å²) in [6, 6.07) is 3.65. The third kappa shape index (κ3) is 3.96. The fourth-order valence-corrected chi connectivity index (χ4v) is 4.21. The number of amides is 2. The van der Waals surface area contributed by atoms with Crippen LogP contribution in [0.5, 0.6) is 0 Å². The second-order valence-electron chi connectivity index (χ2n) is 8.23. The molecule has 0 aromatic carbocycles. The van der Waals surface area contributed by atoms with Gasteiger partial charge in [-0.15, -0.1) is 0 Å². The Bertz CT molecular complexity index is 992. The summed E-state index contributed by atoms with van der Waals surface area (Å²) in [5.74, 6) is 0.113. The molecule has 0 bridgehead atoms. The Morgan fingerprint density at radius 1 is 1.23 bits per heavy atom. The van der Waals surface area contributed by atoms with Crippen LogP contribution in [0.2, 0.25) is 0 Å². The highest BCUT2D eigenvalue weighted by Gasteiger charge is 2.29. The molecule has 30 heavy (non-hydrogen) atoms. The summed E-state index contributed by atoms with van der Waals surface area (Å²) in [7, 11) is 3.82. The van der Waals surface area contributed by atoms with E-state index in [0.717, 1.165) is 44.8 Å². The summed E-state index contributed by atoms with van der Waals surface area (Å²) >= 11 is 0. The van der Waals surface area contributed by atoms with Gasteiger partial charge in [0.15, 0.2) is 0 Å². The molecule has 2 aromatic heterocycles. The molecule has 1 atom stereocenters. The first-order valence-electron chi connectivity index (χ1n) is 10.3. The molecule has 2 aromatic rings. The summed E-state index contributed by atoms with van der Waals surface area (Å²) in [5.41, 5.74) is 2.60. The van der Waals surface area contributed by atoms with E-state index in [0.29, 0.717) is 29.8 Å². The van der Waals surface area contributed by atoms with E-state index in [2.05, 4.69) is 28.4 Å². The van der Waals surface area contributed by atoms with Crippen LogP contribution in [0, 0.1) is 17.2 Å². The van der Waals surface area contributed by atoms with Crippen molar-refractivity contribution in [1.82, 2.24) is 29.5 Å². The van der Waals surface area contributed by atoms with Crippen LogP contribution in [0.1, 0.15) is 38.5 Å². The molecule has 1 fully saturated rings. The number of aryl methyl sites for hydroxylation is 2. The number of aromatic nitrogens is 3. The van der Waals surface area contributed by atoms with Crippen LogP contribution in [0.4, 0.5) is 0 Å². The van der Waals surface area contributed by atoms with Crippen molar-refractivity contribution in [2.24, 2.45) is 13.0 Å². The highest BCUT2D eigenvalue weighted by atomic mass is 16.2. The van der Waals surface area contributed by atoms with Gasteiger partial charge in [0.05, 0.1) is 23.0 Å². The van der Waals surface area contributed by atoms with E-state index in [-0.39, 0.29) is 17.7 Å². The molecule has 0 radical (unpaired) electrons. The number of likely N-dealkylation sites (N-methyl/N-ethyl adjacent to an activating group) is 1. The van der Waals surface area contributed by atoms with Gasteiger partial charge in [0.1, 0.15) is 11.8 Å². The molecule has 4 heterocycles. The third-order valence-electron chi connectivity index (χ3n) is 6.12. The Balaban J connectivity index is 1.39. The molecule has 0 saturated carbocycles. The quantitative estimate of drug-likeness (QED) is 0.792. The summed E-state index contributed by atoms with van der Waals surface area (Å²) in [6.45, 7) is 4.52. The van der Waals surface area contributed by atoms with Gasteiger partial charge >= 0.3 is 0 Å². The lowest BCUT2D eigenvalue weighted by Gasteiger charge is -2.32. The van der Waals surface area contributed by atoms with E-state index in [1.165, 1.54) is 0 Å². The zero-order valence-corrected chi connectivity index (χ0v) is 17.5. The first-order valence-corrected chi connectivity index (χ1v) is 10.3. The van der Waals surface area contributed by atoms with Crippen LogP contribution in [-0.2, 0) is 20.0 Å². The Labute approximate surface area is 175 Å². The van der Waals surface area contributed by atoms with Gasteiger partial charge in [-0.05, 0) is 31.9 Å². The number of carbonyl (C=O) groups excluding carboxylic acids is 2. The van der Waals surface area contributed by atoms with Crippen LogP contribution in [0.25, 0.3) is 0 Å². The monoisotopic (exact) mass is 409 g/mol. The predicted octanol–water partition coefficient (Wildman–Crippen LogP) is 0.473. The largest absolute Gasteiger partial charge is 0.350 e. The van der Waals surface area contributed by atoms with Crippen LogP contribution in [0.3, 0.4) is 0 Å². The van der Waals surface area contributed by atoms with Gasteiger partial charge in [0.25, 0.3) is 11.8 Å². The lowest BCUT2D eigenvalue weighted by Crippen LogP contribution is -2.47. The number of piperazine rings is 1. The number of nitriles is 1. The molecule has 1 unspecified atom stereocenters. The van der Waals surface area contributed by atoms with Gasteiger partial charge in [-0.1, -0.05) is 0 Å². The zero-order chi connectivity index (χ0) is 21.3. The summed E-state index contributed by atoms with van der Waals surface area (Å²) in [4.78, 5) is 29.7. The standard InChI is InChI=1S/C21H27N7O2/c1-25-5-7-27(8-6-25)21(30)17-13-24-28-4-3-15(9-18(17)28)12-23-20(29)19-10-16(11-22)14-26(19)2/h10,13-15H,3-9,12H2,1-2H3,(H,23,29). The van der Waals surface area contributed by atoms with Crippen molar-refractivity contribution >= 4 is 11.8 Å². The van der Waals surface area contributed by atoms with Crippen LogP contribution in [-0.4, -0.2) is 75.7 Å². The fourth-order valence-electron chi connectivity index (χ4n) is 4.21. The first-order chi connectivity index (χ1) is 14.5. The normalized spacial score (nSPS) is 19.2. The number of nitrogens with zero attached hydrogens (tertiary/aromatic N) is 6. The Kier molecular flexibility index (Phi) is 5.59. The summed E-state index contributed by atoms with van der Waals surface area (Å²) in [6.07, 6.45) is 4.95. The van der Waals surface area contributed by atoms with Gasteiger partial charge in [0.2, 0.25) is 0 Å². The lowest BCUT2D eigenvalue weighted by molar-refractivity contribution is 0.0661. The number of nitrogens with one attached hydrogen (secondary N) is 1. The maximum Gasteiger partial charge on any atom is 0.267 e. The van der Waals surface area contributed by atoms with Gasteiger partial charge in [-0.2, -0.15) is 10.4 Å². The van der Waals surface area contributed by atoms with Crippen LogP contribution >= 0.6 is 0 Å². The number of carbonyl (C=O) groups is 2. The molecule has 1 N–H and O–H groups in total. The van der Waals surface area contributed by atoms with Crippen molar-refractivity contribution in [1.29, 1.82) is 5.26 Å². The minimum atomic E-state index is -0.188. The topological polar surface area (TPSA) is 99.2 Å². The Morgan fingerprint density at radius 3 is 2.70 bits per heavy atom. The fraction of sp³-hybridized carbons (Fsp3) is 0.524. The van der Waals surface area contributed by atoms with E-state index in [9.17, 15) is 9.59 Å². The summed E-state index contributed by atoms with van der Waals surface area (Å²) in [5, 5.41) is 16.4. The van der Waals surface area contributed by atoms with E-state index in [4.69, 9.17) is 5.26 Å². The van der Waals surface area contributed by atoms with Crippen molar-refractivity contribution < 1.29 is 9.59 Å². The summed E-state index contributed by atoms with van der Waals surface area (Å²) < 4.78 is 3.59. The molecule has 1 saturated heterocycles. The maximum atomic E-state index is 13.0. The minimum absolute atomic E-state index is 0.0573. The molecular formula is C21H27N7O2. The lowest BCUT2D eigenvalue weighted by atomic mass is 9.94. The SMILES string of the molecule is CN1CCN(C(=O)c2cnn3c2CC(CNC(=O)c2cc(C#N)cn2C)CC3)CC1. The average molecular weight is 409 g/mol. The second kappa shape index (κ2) is 8.32. The average Bonchev–Trinajstić information content (AvgIpc) is 3.35. The Morgan fingerprint density at radius 2 is 2.00 bits per heavy atom. The van der Waals surface area contributed by atoms with E-state index >= 15 is 0 Å². The molecule has 2 aliphatic heterocycles. The van der Waals surface area contributed by atoms with Gasteiger partial charge in [0, 0.05) is 52.5 Å². The number of hydrogen-bond acceptors (Lipinski definition) is 5. The molecule has 2 amide bonds. The zero-order valence-electron chi connectivity index (χ0n) is 17.5. The van der Waals surface area contributed by atoms with E-state index in [1.54, 1.807) is 30.1 Å². The van der Waals surface area contributed by atoms with E-state index < -0.39 is 0 Å². The van der Waals surface area contributed by atoms with Gasteiger partial charge in [-0.25, -0.2) is 0 Å². The van der Waals surface area contributed by atoms with Crippen molar-refractivity contribution in [3.63, 3.8) is 0 Å². The molecule has 158 valence electrons. The molecule has 9 heteroatoms. The predicted molar refractivity (Wildman–Crippen MR) is 110 cm³/mol. The van der Waals surface area contributed by atoms with Crippen molar-refractivity contribution in [2.75, 3.05) is 39.8 Å². The number of rotatable bonds is 4. The number of fused-ring (bicyclic) bond motifs is 1. The molecular weight excluding hydrogens is 382 g/mol.